The van der Waals surface area contributed by atoms with Gasteiger partial charge in [-0.2, -0.15) is 0 Å². The number of aliphatic carboxylic acids is 2. The van der Waals surface area contributed by atoms with E-state index in [1.807, 2.05) is 0 Å². The number of carbonyl (C=O) groups is 2. The molecule has 0 amide bonds. The molecule has 6 heteroatoms. The zero-order valence-corrected chi connectivity index (χ0v) is 12.0. The average Bonchev–Trinajstić information content (AvgIpc) is 2.03. The van der Waals surface area contributed by atoms with Crippen molar-refractivity contribution in [1.82, 2.24) is 0 Å². The van der Waals surface area contributed by atoms with Crippen LogP contribution in [0.15, 0.2) is 24.3 Å². The van der Waals surface area contributed by atoms with Gasteiger partial charge in [0.1, 0.15) is 0 Å². The van der Waals surface area contributed by atoms with Gasteiger partial charge in [-0.1, -0.05) is 19.6 Å². The van der Waals surface area contributed by atoms with Crippen LogP contribution in [-0.4, -0.2) is 68.3 Å². The van der Waals surface area contributed by atoms with Crippen molar-refractivity contribution in [2.24, 2.45) is 0 Å². The van der Waals surface area contributed by atoms with E-state index < -0.39 is 11.9 Å². The Hall–Kier alpha value is -0.0475. The molecule has 4 nitrogen and oxygen atoms in total. The summed E-state index contributed by atoms with van der Waals surface area (Å²) in [6, 6.07) is 0. The van der Waals surface area contributed by atoms with Gasteiger partial charge in [0.25, 0.3) is 0 Å². The molecule has 0 aliphatic rings. The Labute approximate surface area is 128 Å². The van der Waals surface area contributed by atoms with Crippen molar-refractivity contribution < 1.29 is 25.5 Å². The van der Waals surface area contributed by atoms with Crippen LogP contribution in [0.3, 0.4) is 0 Å². The van der Waals surface area contributed by atoms with Crippen molar-refractivity contribution >= 4 is 58.0 Å². The fourth-order valence-corrected chi connectivity index (χ4v) is 0.294. The van der Waals surface area contributed by atoms with Crippen LogP contribution >= 0.6 is 0 Å². The fourth-order valence-electron chi connectivity index (χ4n) is 0.294. The number of hydrogen-bond donors (Lipinski definition) is 2. The van der Waals surface area contributed by atoms with Gasteiger partial charge in [0, 0.05) is 11.6 Å². The van der Waals surface area contributed by atoms with Crippen LogP contribution in [0, 0.1) is 0 Å². The maximum Gasteiger partial charge on any atom is 2.00 e. The first-order chi connectivity index (χ1) is 5.95. The summed E-state index contributed by atoms with van der Waals surface area (Å²) in [6.07, 6.45) is 3.08. The van der Waals surface area contributed by atoms with Crippen LogP contribution < -0.4 is 0 Å². The molecule has 0 saturated carbocycles. The van der Waals surface area contributed by atoms with E-state index in [0.29, 0.717) is 6.42 Å². The maximum atomic E-state index is 9.83. The Balaban J connectivity index is -0.0000000162. The van der Waals surface area contributed by atoms with Gasteiger partial charge in [-0.25, -0.2) is 9.59 Å². The van der Waals surface area contributed by atoms with Gasteiger partial charge >= 0.3 is 58.0 Å². The molecule has 0 atom stereocenters. The third-order valence-electron chi connectivity index (χ3n) is 1.04. The van der Waals surface area contributed by atoms with Gasteiger partial charge in [0.2, 0.25) is 0 Å². The second-order valence-electron chi connectivity index (χ2n) is 2.10. The number of carboxylic acids is 2. The summed E-state index contributed by atoms with van der Waals surface area (Å²) < 4.78 is 0. The molecule has 2 N–H and O–H groups in total. The summed E-state index contributed by atoms with van der Waals surface area (Å²) >= 11 is 0. The molecule has 0 saturated heterocycles. The normalized spacial score (nSPS) is 7.60. The first-order valence-corrected chi connectivity index (χ1v) is 3.72. The van der Waals surface area contributed by atoms with Crippen LogP contribution in [-0.2, 0) is 9.59 Å². The van der Waals surface area contributed by atoms with Crippen LogP contribution in [0.4, 0.5) is 0 Å². The number of hydrogen-bond acceptors (Lipinski definition) is 2. The summed E-state index contributed by atoms with van der Waals surface area (Å²) in [5.41, 5.74) is 0.264. The Morgan fingerprint density at radius 2 is 1.73 bits per heavy atom. The smallest absolute Gasteiger partial charge is 1.00 e. The van der Waals surface area contributed by atoms with Crippen molar-refractivity contribution in [3.05, 3.63) is 24.3 Å². The van der Waals surface area contributed by atoms with Gasteiger partial charge in [-0.3, -0.25) is 0 Å². The maximum absolute atomic E-state index is 9.83. The largest absolute Gasteiger partial charge is 2.00 e. The van der Waals surface area contributed by atoms with E-state index in [9.17, 15) is 9.59 Å². The van der Waals surface area contributed by atoms with E-state index >= 15 is 0 Å². The van der Waals surface area contributed by atoms with E-state index in [1.54, 1.807) is 13.8 Å². The summed E-state index contributed by atoms with van der Waals surface area (Å²) in [7, 11) is 0. The molecule has 0 aromatic carbocycles. The van der Waals surface area contributed by atoms with Gasteiger partial charge in [-0.05, 0) is 13.3 Å². The first-order valence-electron chi connectivity index (χ1n) is 3.72. The average molecular weight is 239 g/mol. The molecule has 82 valence electrons. The van der Waals surface area contributed by atoms with Gasteiger partial charge in [0.05, 0.1) is 0 Å². The number of rotatable bonds is 3. The molecule has 0 unspecified atom stereocenters. The molecule has 0 bridgehead atoms. The van der Waals surface area contributed by atoms with Crippen molar-refractivity contribution in [3.8, 4) is 0 Å². The predicted octanol–water partition coefficient (Wildman–Crippen LogP) is 1.37. The second-order valence-corrected chi connectivity index (χ2v) is 2.10. The van der Waals surface area contributed by atoms with Crippen molar-refractivity contribution in [3.63, 3.8) is 0 Å². The zero-order valence-electron chi connectivity index (χ0n) is 13.2. The van der Waals surface area contributed by atoms with Crippen molar-refractivity contribution in [2.45, 2.75) is 20.3 Å². The van der Waals surface area contributed by atoms with E-state index in [1.165, 1.54) is 6.08 Å². The monoisotopic (exact) mass is 238 g/mol. The summed E-state index contributed by atoms with van der Waals surface area (Å²) in [5.74, 6) is -1.79. The third kappa shape index (κ3) is 24.9. The Bertz CT molecular complexity index is 238. The quantitative estimate of drug-likeness (QED) is 0.576. The van der Waals surface area contributed by atoms with Crippen LogP contribution in [0.5, 0.6) is 0 Å². The minimum absolute atomic E-state index is 0. The Kier molecular flexibility index (Phi) is 26.5. The molecule has 0 radical (unpaired) electrons. The van der Waals surface area contributed by atoms with E-state index in [4.69, 9.17) is 10.2 Å². The van der Waals surface area contributed by atoms with E-state index in [2.05, 4.69) is 6.58 Å². The molecule has 15 heavy (non-hydrogen) atoms. The molecule has 0 aromatic rings. The van der Waals surface area contributed by atoms with E-state index in [-0.39, 0.29) is 57.4 Å². The molecule has 0 aliphatic heterocycles. The summed E-state index contributed by atoms with van der Waals surface area (Å²) in [5, 5.41) is 15.9. The summed E-state index contributed by atoms with van der Waals surface area (Å²) in [4.78, 5) is 19.3. The van der Waals surface area contributed by atoms with Crippen LogP contribution in [0.1, 0.15) is 26.0 Å². The molecule has 0 fully saturated rings. The fraction of sp³-hybridized carbons (Fsp3) is 0.333. The number of carboxylic acid groups (broad SMARTS) is 2. The number of allylic oxidation sites excluding steroid dienone is 1. The van der Waals surface area contributed by atoms with Gasteiger partial charge in [-0.15, -0.1) is 0 Å². The zero-order chi connectivity index (χ0) is 10.9. The Morgan fingerprint density at radius 3 is 1.73 bits per heavy atom. The topological polar surface area (TPSA) is 74.6 Å². The Morgan fingerprint density at radius 1 is 1.33 bits per heavy atom. The van der Waals surface area contributed by atoms with Crippen molar-refractivity contribution in [1.29, 1.82) is 0 Å². The van der Waals surface area contributed by atoms with Crippen molar-refractivity contribution in [2.75, 3.05) is 0 Å². The van der Waals surface area contributed by atoms with Gasteiger partial charge in [0.15, 0.2) is 0 Å². The molecule has 0 rings (SSSR count). The standard InChI is InChI=1S/C5H8O2.C4H6O2.2Mg.4H/c1-3-4(2)5(6)7;1-2-3-4(5)6;;;;;;/h2-3H2,1H3,(H,6,7);2-3H,1H3,(H,5,6);;;;;;/q;;2*+2;4*-1. The summed E-state index contributed by atoms with van der Waals surface area (Å²) in [6.45, 7) is 6.69. The SMILES string of the molecule is C=C(CC)C(=O)O.CC=CC(=O)O.[H-].[H-].[H-].[H-].[Mg+2].[Mg+2]. The molecular weight excluding hydrogens is 221 g/mol. The van der Waals surface area contributed by atoms with E-state index in [0.717, 1.165) is 6.08 Å². The molecule has 0 aromatic heterocycles. The molecular formula is C9H18Mg2O4. The molecule has 0 spiro atoms. The van der Waals surface area contributed by atoms with Gasteiger partial charge < -0.3 is 15.9 Å². The molecule has 0 aliphatic carbocycles. The minimum atomic E-state index is -0.900. The van der Waals surface area contributed by atoms with Crippen LogP contribution in [0.25, 0.3) is 0 Å². The molecule has 0 heterocycles. The van der Waals surface area contributed by atoms with Crippen LogP contribution in [0.2, 0.25) is 0 Å². The minimum Gasteiger partial charge on any atom is -1.00 e. The third-order valence-corrected chi connectivity index (χ3v) is 1.04. The predicted molar refractivity (Wildman–Crippen MR) is 65.5 cm³/mol. The second kappa shape index (κ2) is 16.4. The first kappa shape index (κ1) is 24.3.